The lowest BCUT2D eigenvalue weighted by Gasteiger charge is -2.56. The molecule has 0 aromatic heterocycles. The number of hydrogen-bond acceptors (Lipinski definition) is 11. The lowest BCUT2D eigenvalue weighted by atomic mass is 9.49. The standard InChI is InChI=1S/C50H67ClN2O10/c1-10-13-29-16-17-31-20-25(3)38(62-39-23-35(53(8)9)43(28(6)61-39)52-47(59)40-27(5)34(51)18-19-36(40)54)15-12-14-33-30(11-2)22-32-42(26(4)21-37(55)44(32)56)49(33,7)45(57)41-46(58)50(31,24-29)63-48(41)60/h12,14,16-20,22,26,28-29,31-33,35,37-39,42-44,54-57H,10-11,13,15,21,23-24H2,1-9H3,(H,52,59)/b14-12+,25-20+,45-41?/t26-,28?,29?,31-,32-,33+,35?,37-,38+,39?,42+,43?,44+,49+,50?/m0/s1. The molecule has 1 saturated carbocycles. The molecule has 1 aromatic rings. The number of rotatable bonds is 8. The lowest BCUT2D eigenvalue weighted by molar-refractivity contribution is -0.222. The molecular weight excluding hydrogens is 824 g/mol. The number of amides is 1. The van der Waals surface area contributed by atoms with Crippen molar-refractivity contribution in [3.05, 3.63) is 87.2 Å². The van der Waals surface area contributed by atoms with Gasteiger partial charge in [-0.2, -0.15) is 0 Å². The Morgan fingerprint density at radius 3 is 2.46 bits per heavy atom. The number of aliphatic hydroxyl groups excluding tert-OH is 3. The summed E-state index contributed by atoms with van der Waals surface area (Å²) in [4.78, 5) is 45.2. The van der Waals surface area contributed by atoms with Crippen molar-refractivity contribution in [2.75, 3.05) is 14.1 Å². The number of carbonyl (C=O) groups is 3. The minimum absolute atomic E-state index is 0.0325. The van der Waals surface area contributed by atoms with E-state index in [9.17, 15) is 30.0 Å². The van der Waals surface area contributed by atoms with E-state index in [-0.39, 0.29) is 46.9 Å². The topological polar surface area (TPSA) is 175 Å². The fourth-order valence-electron chi connectivity index (χ4n) is 12.1. The number of esters is 1. The molecule has 13 heteroatoms. The lowest BCUT2D eigenvalue weighted by Crippen LogP contribution is -2.60. The summed E-state index contributed by atoms with van der Waals surface area (Å²) in [5.41, 5.74) is -0.832. The molecule has 6 aliphatic rings. The number of ketones is 1. The van der Waals surface area contributed by atoms with Gasteiger partial charge in [0.05, 0.1) is 36.0 Å². The minimum atomic E-state index is -1.59. The Labute approximate surface area is 377 Å². The Morgan fingerprint density at radius 2 is 1.78 bits per heavy atom. The second-order valence-corrected chi connectivity index (χ2v) is 19.9. The van der Waals surface area contributed by atoms with Crippen molar-refractivity contribution < 1.29 is 49.0 Å². The van der Waals surface area contributed by atoms with Crippen LogP contribution in [0.5, 0.6) is 5.75 Å². The zero-order chi connectivity index (χ0) is 45.9. The van der Waals surface area contributed by atoms with E-state index < -0.39 is 89.1 Å². The third-order valence-electron chi connectivity index (χ3n) is 15.4. The first-order valence-corrected chi connectivity index (χ1v) is 23.2. The number of carbonyl (C=O) groups excluding carboxylic acids is 3. The number of benzene rings is 1. The van der Waals surface area contributed by atoms with Gasteiger partial charge in [0.2, 0.25) is 5.78 Å². The van der Waals surface area contributed by atoms with Crippen LogP contribution in [0.3, 0.4) is 0 Å². The van der Waals surface area contributed by atoms with Crippen LogP contribution in [0.1, 0.15) is 102 Å². The highest BCUT2D eigenvalue weighted by atomic mass is 35.5. The van der Waals surface area contributed by atoms with Crippen molar-refractivity contribution in [1.29, 1.82) is 0 Å². The molecule has 344 valence electrons. The van der Waals surface area contributed by atoms with Crippen molar-refractivity contribution in [3.63, 3.8) is 0 Å². The van der Waals surface area contributed by atoms with E-state index in [2.05, 4.69) is 18.3 Å². The van der Waals surface area contributed by atoms with Gasteiger partial charge in [0.25, 0.3) is 5.91 Å². The summed E-state index contributed by atoms with van der Waals surface area (Å²) in [6.45, 7) is 13.5. The number of nitrogens with one attached hydrogen (secondary N) is 1. The first-order chi connectivity index (χ1) is 29.8. The molecule has 63 heavy (non-hydrogen) atoms. The highest BCUT2D eigenvalue weighted by Crippen LogP contribution is 2.60. The maximum Gasteiger partial charge on any atom is 0.346 e. The number of hydrogen-bond donors (Lipinski definition) is 5. The van der Waals surface area contributed by atoms with Crippen LogP contribution < -0.4 is 5.32 Å². The first kappa shape index (κ1) is 47.2. The number of fused-ring (bicyclic) bond motifs is 4. The van der Waals surface area contributed by atoms with Crippen molar-refractivity contribution in [3.8, 4) is 5.75 Å². The third kappa shape index (κ3) is 8.26. The Balaban J connectivity index is 1.29. The molecule has 12 nitrogen and oxygen atoms in total. The van der Waals surface area contributed by atoms with Crippen LogP contribution in [0.2, 0.25) is 5.02 Å². The van der Waals surface area contributed by atoms with Gasteiger partial charge in [-0.15, -0.1) is 0 Å². The highest BCUT2D eigenvalue weighted by molar-refractivity contribution is 6.32. The molecule has 2 bridgehead atoms. The Bertz CT molecular complexity index is 2130. The zero-order valence-electron chi connectivity index (χ0n) is 38.1. The quantitative estimate of drug-likeness (QED) is 0.0997. The fraction of sp³-hybridized carbons (Fsp3) is 0.620. The van der Waals surface area contributed by atoms with Crippen LogP contribution in [0, 0.1) is 47.8 Å². The molecule has 4 aliphatic carbocycles. The molecule has 5 N–H and O–H groups in total. The normalized spacial score (nSPS) is 40.6. The SMILES string of the molecule is CCCC1C=C[C@H]2/C=C(\C)[C@H](OC3CC(N(C)C)C(NC(=O)c4c(O)ccc(Cl)c4C)C(C)O3)C/C=C/[C@@H]3C(CC)=C[C@@H]4[C@@H](O)[C@@H](O)C[C@H](C)[C@H]4[C@]3(C)C(O)=C3C(=O)OC2(C1)C3=O. The van der Waals surface area contributed by atoms with E-state index in [1.807, 2.05) is 84.0 Å². The summed E-state index contributed by atoms with van der Waals surface area (Å²) in [6, 6.07) is 2.25. The predicted molar refractivity (Wildman–Crippen MR) is 240 cm³/mol. The molecule has 1 amide bonds. The fourth-order valence-corrected chi connectivity index (χ4v) is 12.3. The van der Waals surface area contributed by atoms with E-state index in [1.165, 1.54) is 6.07 Å². The number of nitrogens with zero attached hydrogens (tertiary/aromatic N) is 1. The third-order valence-corrected chi connectivity index (χ3v) is 15.8. The van der Waals surface area contributed by atoms with E-state index >= 15 is 4.79 Å². The Morgan fingerprint density at radius 1 is 1.05 bits per heavy atom. The van der Waals surface area contributed by atoms with Crippen LogP contribution in [0.4, 0.5) is 0 Å². The number of likely N-dealkylation sites (N-methyl/N-ethyl adjacent to an activating group) is 1. The number of halogens is 1. The summed E-state index contributed by atoms with van der Waals surface area (Å²) < 4.78 is 19.9. The van der Waals surface area contributed by atoms with Gasteiger partial charge in [0, 0.05) is 47.1 Å². The van der Waals surface area contributed by atoms with Gasteiger partial charge in [-0.05, 0) is 102 Å². The molecule has 1 aromatic carbocycles. The number of Topliss-reactive ketones (excluding diaryl/α,β-unsaturated/α-hetero) is 1. The molecule has 3 fully saturated rings. The molecule has 0 radical (unpaired) electrons. The molecule has 2 saturated heterocycles. The second kappa shape index (κ2) is 18.2. The molecular formula is C50H67ClN2O10. The molecule has 7 rings (SSSR count). The number of phenols is 1. The van der Waals surface area contributed by atoms with E-state index in [0.717, 1.165) is 24.0 Å². The summed E-state index contributed by atoms with van der Waals surface area (Å²) in [7, 11) is 3.87. The number of allylic oxidation sites excluding steroid dienone is 4. The molecule has 2 heterocycles. The van der Waals surface area contributed by atoms with Crippen LogP contribution in [-0.2, 0) is 23.8 Å². The van der Waals surface area contributed by atoms with Gasteiger partial charge < -0.3 is 44.9 Å². The van der Waals surface area contributed by atoms with Gasteiger partial charge in [-0.1, -0.05) is 87.7 Å². The maximum absolute atomic E-state index is 15.2. The monoisotopic (exact) mass is 890 g/mol. The van der Waals surface area contributed by atoms with E-state index in [1.54, 1.807) is 13.0 Å². The zero-order valence-corrected chi connectivity index (χ0v) is 38.9. The smallest absolute Gasteiger partial charge is 0.346 e. The average Bonchev–Trinajstić information content (AvgIpc) is 3.47. The summed E-state index contributed by atoms with van der Waals surface area (Å²) in [5, 5.41) is 49.3. The van der Waals surface area contributed by atoms with E-state index in [0.29, 0.717) is 36.3 Å². The van der Waals surface area contributed by atoms with Gasteiger partial charge in [0.15, 0.2) is 11.9 Å². The highest BCUT2D eigenvalue weighted by Gasteiger charge is 2.63. The number of phenolic OH excluding ortho intramolecular Hbond substituents is 1. The van der Waals surface area contributed by atoms with Gasteiger partial charge in [-0.25, -0.2) is 4.79 Å². The van der Waals surface area contributed by atoms with Gasteiger partial charge in [0.1, 0.15) is 17.1 Å². The largest absolute Gasteiger partial charge is 0.511 e. The van der Waals surface area contributed by atoms with Crippen LogP contribution in [0.15, 0.2) is 71.1 Å². The van der Waals surface area contributed by atoms with Crippen molar-refractivity contribution in [1.82, 2.24) is 10.2 Å². The molecule has 6 unspecified atom stereocenters. The summed E-state index contributed by atoms with van der Waals surface area (Å²) >= 11 is 6.34. The molecule has 15 atom stereocenters. The second-order valence-electron chi connectivity index (χ2n) is 19.5. The van der Waals surface area contributed by atoms with Crippen molar-refractivity contribution >= 4 is 29.3 Å². The van der Waals surface area contributed by atoms with Crippen molar-refractivity contribution in [2.45, 2.75) is 142 Å². The van der Waals surface area contributed by atoms with E-state index in [4.69, 9.17) is 25.8 Å². The first-order valence-electron chi connectivity index (χ1n) is 22.9. The number of aliphatic hydroxyl groups is 3. The average molecular weight is 892 g/mol. The number of aromatic hydroxyl groups is 1. The number of ether oxygens (including phenoxy) is 3. The Hall–Kier alpha value is -3.78. The molecule has 2 aliphatic heterocycles. The predicted octanol–water partition coefficient (Wildman–Crippen LogP) is 7.44. The van der Waals surface area contributed by atoms with Crippen LogP contribution in [0.25, 0.3) is 0 Å². The summed E-state index contributed by atoms with van der Waals surface area (Å²) in [6.07, 6.45) is 11.9. The Kier molecular flexibility index (Phi) is 13.7. The summed E-state index contributed by atoms with van der Waals surface area (Å²) in [5.74, 6) is -4.65. The maximum atomic E-state index is 15.2. The van der Waals surface area contributed by atoms with Gasteiger partial charge in [-0.3, -0.25) is 9.59 Å². The van der Waals surface area contributed by atoms with Crippen molar-refractivity contribution in [2.24, 2.45) is 40.9 Å². The minimum Gasteiger partial charge on any atom is -0.511 e. The van der Waals surface area contributed by atoms with Crippen LogP contribution >= 0.6 is 11.6 Å². The van der Waals surface area contributed by atoms with Crippen LogP contribution in [-0.4, -0.2) is 105 Å². The van der Waals surface area contributed by atoms with Gasteiger partial charge >= 0.3 is 5.97 Å². The molecule has 1 spiro atoms.